The minimum absolute atomic E-state index is 0.0660. The molecule has 0 unspecified atom stereocenters. The number of nitrogens with zero attached hydrogens (tertiary/aromatic N) is 1. The van der Waals surface area contributed by atoms with E-state index in [9.17, 15) is 4.79 Å². The fourth-order valence-electron chi connectivity index (χ4n) is 1.76. The van der Waals surface area contributed by atoms with E-state index in [1.807, 2.05) is 11.8 Å². The number of hydrogen-bond donors (Lipinski definition) is 1. The van der Waals surface area contributed by atoms with E-state index >= 15 is 0 Å². The first-order valence-corrected chi connectivity index (χ1v) is 5.25. The van der Waals surface area contributed by atoms with Crippen molar-refractivity contribution in [2.24, 2.45) is 0 Å². The van der Waals surface area contributed by atoms with Crippen molar-refractivity contribution in [3.63, 3.8) is 0 Å². The van der Waals surface area contributed by atoms with E-state index in [4.69, 9.17) is 9.47 Å². The van der Waals surface area contributed by atoms with Gasteiger partial charge in [0, 0.05) is 25.7 Å². The number of piperazine rings is 1. The molecule has 1 saturated heterocycles. The van der Waals surface area contributed by atoms with Gasteiger partial charge in [0.1, 0.15) is 19.5 Å². The lowest BCUT2D eigenvalue weighted by molar-refractivity contribution is -0.135. The van der Waals surface area contributed by atoms with Crippen molar-refractivity contribution < 1.29 is 14.3 Å². The summed E-state index contributed by atoms with van der Waals surface area (Å²) >= 11 is 0. The van der Waals surface area contributed by atoms with Crippen molar-refractivity contribution >= 4 is 5.91 Å². The molecule has 0 aromatic heterocycles. The fraction of sp³-hybridized carbons (Fsp3) is 0.700. The lowest BCUT2D eigenvalue weighted by Crippen LogP contribution is -2.53. The number of rotatable bonds is 1. The average Bonchev–Trinajstić information content (AvgIpc) is 2.30. The van der Waals surface area contributed by atoms with Crippen LogP contribution < -0.4 is 5.32 Å². The molecule has 5 nitrogen and oxygen atoms in total. The van der Waals surface area contributed by atoms with Crippen molar-refractivity contribution in [2.75, 3.05) is 32.8 Å². The molecule has 0 aliphatic carbocycles. The van der Waals surface area contributed by atoms with Crippen molar-refractivity contribution in [3.8, 4) is 0 Å². The van der Waals surface area contributed by atoms with Gasteiger partial charge in [-0.25, -0.2) is 0 Å². The molecule has 1 amide bonds. The monoisotopic (exact) mass is 212 g/mol. The first-order chi connectivity index (χ1) is 7.29. The van der Waals surface area contributed by atoms with Crippen LogP contribution in [0.4, 0.5) is 0 Å². The molecule has 1 fully saturated rings. The van der Waals surface area contributed by atoms with Gasteiger partial charge in [0.05, 0.1) is 0 Å². The summed E-state index contributed by atoms with van der Waals surface area (Å²) in [6, 6.07) is 0.206. The van der Waals surface area contributed by atoms with Crippen molar-refractivity contribution in [2.45, 2.75) is 13.0 Å². The third kappa shape index (κ3) is 2.23. The Morgan fingerprint density at radius 3 is 3.13 bits per heavy atom. The van der Waals surface area contributed by atoms with Gasteiger partial charge < -0.3 is 19.7 Å². The predicted molar refractivity (Wildman–Crippen MR) is 54.0 cm³/mol. The Bertz CT molecular complexity index is 278. The zero-order valence-electron chi connectivity index (χ0n) is 8.86. The maximum absolute atomic E-state index is 12.0. The quantitative estimate of drug-likeness (QED) is 0.648. The first-order valence-electron chi connectivity index (χ1n) is 5.25. The van der Waals surface area contributed by atoms with Gasteiger partial charge in [-0.2, -0.15) is 0 Å². The highest BCUT2D eigenvalue weighted by atomic mass is 16.6. The van der Waals surface area contributed by atoms with Crippen LogP contribution in [0.1, 0.15) is 6.92 Å². The number of nitrogens with one attached hydrogen (secondary N) is 1. The van der Waals surface area contributed by atoms with Crippen LogP contribution in [0.3, 0.4) is 0 Å². The highest BCUT2D eigenvalue weighted by Gasteiger charge is 2.27. The normalized spacial score (nSPS) is 26.3. The van der Waals surface area contributed by atoms with Gasteiger partial charge in [0.2, 0.25) is 5.76 Å². The van der Waals surface area contributed by atoms with Crippen molar-refractivity contribution in [3.05, 3.63) is 12.0 Å². The Morgan fingerprint density at radius 2 is 2.47 bits per heavy atom. The molecule has 2 aliphatic rings. The second-order valence-corrected chi connectivity index (χ2v) is 3.75. The zero-order valence-corrected chi connectivity index (χ0v) is 8.86. The lowest BCUT2D eigenvalue weighted by Gasteiger charge is -2.34. The van der Waals surface area contributed by atoms with Crippen LogP contribution in [0.15, 0.2) is 12.0 Å². The fourth-order valence-corrected chi connectivity index (χ4v) is 1.76. The van der Waals surface area contributed by atoms with Gasteiger partial charge in [-0.15, -0.1) is 0 Å². The summed E-state index contributed by atoms with van der Waals surface area (Å²) in [5.74, 6) is 0.263. The molecule has 0 spiro atoms. The minimum atomic E-state index is -0.0660. The van der Waals surface area contributed by atoms with Crippen LogP contribution in [0.25, 0.3) is 0 Å². The Balaban J connectivity index is 2.02. The summed E-state index contributed by atoms with van der Waals surface area (Å²) < 4.78 is 10.3. The second kappa shape index (κ2) is 4.53. The zero-order chi connectivity index (χ0) is 10.7. The SMILES string of the molecule is C[C@@H]1CNCCN1C(=O)C1=COCCO1. The van der Waals surface area contributed by atoms with Crippen LogP contribution >= 0.6 is 0 Å². The van der Waals surface area contributed by atoms with Crippen LogP contribution in [0, 0.1) is 0 Å². The average molecular weight is 212 g/mol. The van der Waals surface area contributed by atoms with E-state index in [1.54, 1.807) is 0 Å². The topological polar surface area (TPSA) is 50.8 Å². The van der Waals surface area contributed by atoms with E-state index in [0.29, 0.717) is 19.0 Å². The Kier molecular flexibility index (Phi) is 3.11. The van der Waals surface area contributed by atoms with Crippen molar-refractivity contribution in [1.29, 1.82) is 0 Å². The van der Waals surface area contributed by atoms with E-state index in [-0.39, 0.29) is 11.9 Å². The second-order valence-electron chi connectivity index (χ2n) is 3.75. The summed E-state index contributed by atoms with van der Waals surface area (Å²) in [4.78, 5) is 13.8. The molecule has 0 aromatic carbocycles. The van der Waals surface area contributed by atoms with E-state index in [1.165, 1.54) is 6.26 Å². The predicted octanol–water partition coefficient (Wildman–Crippen LogP) is -0.305. The molecule has 0 aromatic rings. The summed E-state index contributed by atoms with van der Waals surface area (Å²) in [6.45, 7) is 5.39. The van der Waals surface area contributed by atoms with E-state index < -0.39 is 0 Å². The summed E-state index contributed by atoms with van der Waals surface area (Å²) in [5, 5.41) is 3.24. The molecule has 2 heterocycles. The molecule has 1 atom stereocenters. The molecule has 2 aliphatic heterocycles. The molecule has 1 N–H and O–H groups in total. The Hall–Kier alpha value is -1.23. The van der Waals surface area contributed by atoms with Gasteiger partial charge in [0.15, 0.2) is 0 Å². The van der Waals surface area contributed by atoms with Gasteiger partial charge in [-0.05, 0) is 6.92 Å². The molecule has 5 heteroatoms. The Labute approximate surface area is 89.0 Å². The van der Waals surface area contributed by atoms with E-state index in [2.05, 4.69) is 5.32 Å². The maximum atomic E-state index is 12.0. The molecule has 0 bridgehead atoms. The number of carbonyl (C=O) groups excluding carboxylic acids is 1. The van der Waals surface area contributed by atoms with Gasteiger partial charge >= 0.3 is 0 Å². The Morgan fingerprint density at radius 1 is 1.60 bits per heavy atom. The van der Waals surface area contributed by atoms with Gasteiger partial charge in [0.25, 0.3) is 5.91 Å². The molecule has 0 radical (unpaired) electrons. The lowest BCUT2D eigenvalue weighted by atomic mass is 10.2. The summed E-state index contributed by atoms with van der Waals surface area (Å²) in [7, 11) is 0. The molecular formula is C10H16N2O3. The number of carbonyl (C=O) groups is 1. The van der Waals surface area contributed by atoms with Crippen LogP contribution in [-0.2, 0) is 14.3 Å². The highest BCUT2D eigenvalue weighted by Crippen LogP contribution is 2.12. The minimum Gasteiger partial charge on any atom is -0.494 e. The maximum Gasteiger partial charge on any atom is 0.292 e. The van der Waals surface area contributed by atoms with E-state index in [0.717, 1.165) is 19.6 Å². The largest absolute Gasteiger partial charge is 0.494 e. The van der Waals surface area contributed by atoms with Crippen LogP contribution in [-0.4, -0.2) is 49.7 Å². The number of hydrogen-bond acceptors (Lipinski definition) is 4. The van der Waals surface area contributed by atoms with Gasteiger partial charge in [-0.1, -0.05) is 0 Å². The third-order valence-corrected chi connectivity index (χ3v) is 2.62. The van der Waals surface area contributed by atoms with Crippen LogP contribution in [0.2, 0.25) is 0 Å². The van der Waals surface area contributed by atoms with Crippen LogP contribution in [0.5, 0.6) is 0 Å². The molecule has 2 rings (SSSR count). The molecule has 84 valence electrons. The highest BCUT2D eigenvalue weighted by molar-refractivity contribution is 5.91. The first kappa shape index (κ1) is 10.3. The number of amides is 1. The summed E-state index contributed by atoms with van der Waals surface area (Å²) in [5.41, 5.74) is 0. The van der Waals surface area contributed by atoms with Gasteiger partial charge in [-0.3, -0.25) is 4.79 Å². The van der Waals surface area contributed by atoms with Crippen molar-refractivity contribution in [1.82, 2.24) is 10.2 Å². The molecular weight excluding hydrogens is 196 g/mol. The smallest absolute Gasteiger partial charge is 0.292 e. The molecule has 15 heavy (non-hydrogen) atoms. The molecule has 0 saturated carbocycles. The third-order valence-electron chi connectivity index (χ3n) is 2.62. The standard InChI is InChI=1S/C10H16N2O3/c1-8-6-11-2-3-12(8)10(13)9-7-14-4-5-15-9/h7-8,11H,2-6H2,1H3/t8-/m1/s1. The summed E-state index contributed by atoms with van der Waals surface area (Å²) in [6.07, 6.45) is 1.42. The number of ether oxygens (including phenoxy) is 2.